The van der Waals surface area contributed by atoms with E-state index in [1.165, 1.54) is 0 Å². The Morgan fingerprint density at radius 3 is 3.00 bits per heavy atom. The molecular formula is C20H19ClN2O3. The van der Waals surface area contributed by atoms with Crippen molar-refractivity contribution in [1.29, 1.82) is 0 Å². The highest BCUT2D eigenvalue weighted by atomic mass is 35.5. The number of pyridine rings is 1. The Hall–Kier alpha value is -2.37. The van der Waals surface area contributed by atoms with Crippen molar-refractivity contribution in [3.8, 4) is 11.5 Å². The molecule has 1 saturated heterocycles. The van der Waals surface area contributed by atoms with Crippen molar-refractivity contribution < 1.29 is 13.9 Å². The lowest BCUT2D eigenvalue weighted by atomic mass is 10.0. The summed E-state index contributed by atoms with van der Waals surface area (Å²) >= 11 is 6.36. The van der Waals surface area contributed by atoms with Crippen molar-refractivity contribution in [2.24, 2.45) is 0 Å². The van der Waals surface area contributed by atoms with Gasteiger partial charge in [0.25, 0.3) is 5.91 Å². The molecule has 6 heteroatoms. The van der Waals surface area contributed by atoms with E-state index in [0.717, 1.165) is 11.8 Å². The maximum atomic E-state index is 13.3. The van der Waals surface area contributed by atoms with Crippen LogP contribution in [0, 0.1) is 0 Å². The van der Waals surface area contributed by atoms with Gasteiger partial charge in [0.15, 0.2) is 5.76 Å². The number of hydrogen-bond donors (Lipinski definition) is 0. The van der Waals surface area contributed by atoms with Gasteiger partial charge in [0.2, 0.25) is 0 Å². The normalized spacial score (nSPS) is 18.1. The first-order chi connectivity index (χ1) is 12.6. The zero-order valence-corrected chi connectivity index (χ0v) is 15.2. The smallest absolute Gasteiger partial charge is 0.254 e. The van der Waals surface area contributed by atoms with Crippen LogP contribution >= 0.6 is 11.6 Å². The summed E-state index contributed by atoms with van der Waals surface area (Å²) in [6, 6.07) is 10.9. The molecule has 3 heterocycles. The number of carbonyl (C=O) groups is 1. The summed E-state index contributed by atoms with van der Waals surface area (Å²) in [5.41, 5.74) is 1.78. The molecule has 0 bridgehead atoms. The van der Waals surface area contributed by atoms with E-state index in [0.29, 0.717) is 47.3 Å². The fourth-order valence-corrected chi connectivity index (χ4v) is 3.51. The summed E-state index contributed by atoms with van der Waals surface area (Å²) in [6.45, 7) is 3.90. The molecule has 3 aromatic rings. The van der Waals surface area contributed by atoms with Gasteiger partial charge in [-0.2, -0.15) is 0 Å². The van der Waals surface area contributed by atoms with Crippen molar-refractivity contribution in [2.75, 3.05) is 19.7 Å². The number of para-hydroxylation sites is 1. The molecule has 26 heavy (non-hydrogen) atoms. The molecule has 0 aliphatic carbocycles. The van der Waals surface area contributed by atoms with E-state index in [-0.39, 0.29) is 12.0 Å². The van der Waals surface area contributed by atoms with Crippen LogP contribution in [0.5, 0.6) is 0 Å². The Balaban J connectivity index is 1.85. The highest BCUT2D eigenvalue weighted by Crippen LogP contribution is 2.30. The maximum Gasteiger partial charge on any atom is 0.254 e. The monoisotopic (exact) mass is 370 g/mol. The highest BCUT2D eigenvalue weighted by molar-refractivity contribution is 6.35. The van der Waals surface area contributed by atoms with Crippen LogP contribution in [-0.2, 0) is 4.74 Å². The standard InChI is InChI=1S/C20H19ClN2O3/c1-13-12-23(8-4-10-25-13)20(24)15-11-17(18-7-3-9-26-18)22-19-14(15)5-2-6-16(19)21/h2-3,5-7,9,11,13H,4,8,10,12H2,1H3/t13-/m0/s1. The second kappa shape index (κ2) is 7.09. The van der Waals surface area contributed by atoms with E-state index in [2.05, 4.69) is 4.98 Å². The maximum absolute atomic E-state index is 13.3. The number of amides is 1. The van der Waals surface area contributed by atoms with Gasteiger partial charge >= 0.3 is 0 Å². The molecule has 4 rings (SSSR count). The average molecular weight is 371 g/mol. The summed E-state index contributed by atoms with van der Waals surface area (Å²) in [7, 11) is 0. The molecule has 0 radical (unpaired) electrons. The van der Waals surface area contributed by atoms with Crippen molar-refractivity contribution in [3.05, 3.63) is 53.2 Å². The van der Waals surface area contributed by atoms with Crippen molar-refractivity contribution >= 4 is 28.4 Å². The van der Waals surface area contributed by atoms with E-state index < -0.39 is 0 Å². The number of furan rings is 1. The Morgan fingerprint density at radius 1 is 1.31 bits per heavy atom. The number of benzene rings is 1. The molecule has 1 amide bonds. The molecule has 1 fully saturated rings. The molecule has 1 atom stereocenters. The van der Waals surface area contributed by atoms with E-state index >= 15 is 0 Å². The summed E-state index contributed by atoms with van der Waals surface area (Å²) in [4.78, 5) is 19.8. The number of hydrogen-bond acceptors (Lipinski definition) is 4. The number of aromatic nitrogens is 1. The van der Waals surface area contributed by atoms with Gasteiger partial charge < -0.3 is 14.1 Å². The largest absolute Gasteiger partial charge is 0.463 e. The molecule has 0 spiro atoms. The minimum atomic E-state index is -0.0372. The molecule has 0 N–H and O–H groups in total. The third-order valence-corrected chi connectivity index (χ3v) is 4.84. The molecule has 0 saturated carbocycles. The number of rotatable bonds is 2. The molecule has 1 aliphatic heterocycles. The van der Waals surface area contributed by atoms with Gasteiger partial charge in [-0.3, -0.25) is 4.79 Å². The van der Waals surface area contributed by atoms with Crippen molar-refractivity contribution in [3.63, 3.8) is 0 Å². The van der Waals surface area contributed by atoms with Crippen LogP contribution in [0.3, 0.4) is 0 Å². The quantitative estimate of drug-likeness (QED) is 0.671. The fourth-order valence-electron chi connectivity index (χ4n) is 3.29. The van der Waals surface area contributed by atoms with Crippen LogP contribution in [0.1, 0.15) is 23.7 Å². The summed E-state index contributed by atoms with van der Waals surface area (Å²) in [6.07, 6.45) is 2.43. The molecule has 0 unspecified atom stereocenters. The molecule has 1 aromatic carbocycles. The van der Waals surface area contributed by atoms with Crippen LogP contribution in [0.15, 0.2) is 47.1 Å². The van der Waals surface area contributed by atoms with Crippen LogP contribution in [0.25, 0.3) is 22.4 Å². The third kappa shape index (κ3) is 3.20. The lowest BCUT2D eigenvalue weighted by Crippen LogP contribution is -2.36. The Bertz CT molecular complexity index is 940. The SMILES string of the molecule is C[C@H]1CN(C(=O)c2cc(-c3ccco3)nc3c(Cl)cccc23)CCCO1. The fraction of sp³-hybridized carbons (Fsp3) is 0.300. The Morgan fingerprint density at radius 2 is 2.19 bits per heavy atom. The van der Waals surface area contributed by atoms with Crippen molar-refractivity contribution in [2.45, 2.75) is 19.4 Å². The van der Waals surface area contributed by atoms with Crippen LogP contribution in [0.2, 0.25) is 5.02 Å². The Kier molecular flexibility index (Phi) is 4.66. The lowest BCUT2D eigenvalue weighted by Gasteiger charge is -2.23. The second-order valence-corrected chi connectivity index (χ2v) is 6.86. The zero-order chi connectivity index (χ0) is 18.1. The summed E-state index contributed by atoms with van der Waals surface area (Å²) < 4.78 is 11.1. The summed E-state index contributed by atoms with van der Waals surface area (Å²) in [5.74, 6) is 0.568. The number of nitrogens with zero attached hydrogens (tertiary/aromatic N) is 2. The second-order valence-electron chi connectivity index (χ2n) is 6.45. The predicted octanol–water partition coefficient (Wildman–Crippen LogP) is 4.40. The topological polar surface area (TPSA) is 55.6 Å². The van der Waals surface area contributed by atoms with E-state index in [4.69, 9.17) is 20.8 Å². The first kappa shape index (κ1) is 17.1. The first-order valence-corrected chi connectivity index (χ1v) is 9.05. The van der Waals surface area contributed by atoms with Gasteiger partial charge in [0, 0.05) is 25.1 Å². The van der Waals surface area contributed by atoms with Gasteiger partial charge in [-0.25, -0.2) is 4.98 Å². The third-order valence-electron chi connectivity index (χ3n) is 4.53. The van der Waals surface area contributed by atoms with Gasteiger partial charge in [-0.05, 0) is 37.6 Å². The zero-order valence-electron chi connectivity index (χ0n) is 14.4. The van der Waals surface area contributed by atoms with Crippen LogP contribution in [0.4, 0.5) is 0 Å². The lowest BCUT2D eigenvalue weighted by molar-refractivity contribution is 0.0564. The Labute approximate surface area is 156 Å². The molecule has 1 aliphatic rings. The number of halogens is 1. The minimum absolute atomic E-state index is 0.0164. The highest BCUT2D eigenvalue weighted by Gasteiger charge is 2.24. The number of carbonyl (C=O) groups excluding carboxylic acids is 1. The number of ether oxygens (including phenoxy) is 1. The summed E-state index contributed by atoms with van der Waals surface area (Å²) in [5, 5.41) is 1.26. The van der Waals surface area contributed by atoms with Gasteiger partial charge in [-0.1, -0.05) is 23.7 Å². The van der Waals surface area contributed by atoms with Crippen LogP contribution in [-0.4, -0.2) is 41.6 Å². The first-order valence-electron chi connectivity index (χ1n) is 8.67. The predicted molar refractivity (Wildman–Crippen MR) is 100 cm³/mol. The van der Waals surface area contributed by atoms with E-state index in [9.17, 15) is 4.79 Å². The molecule has 5 nitrogen and oxygen atoms in total. The van der Waals surface area contributed by atoms with Gasteiger partial charge in [-0.15, -0.1) is 0 Å². The minimum Gasteiger partial charge on any atom is -0.463 e. The van der Waals surface area contributed by atoms with Crippen molar-refractivity contribution in [1.82, 2.24) is 9.88 Å². The molecular weight excluding hydrogens is 352 g/mol. The van der Waals surface area contributed by atoms with E-state index in [1.54, 1.807) is 24.5 Å². The van der Waals surface area contributed by atoms with Crippen LogP contribution < -0.4 is 0 Å². The molecule has 134 valence electrons. The van der Waals surface area contributed by atoms with E-state index in [1.807, 2.05) is 30.0 Å². The van der Waals surface area contributed by atoms with Gasteiger partial charge in [0.1, 0.15) is 5.69 Å². The van der Waals surface area contributed by atoms with Gasteiger partial charge in [0.05, 0.1) is 28.5 Å². The average Bonchev–Trinajstić information content (AvgIpc) is 3.09. The molecule has 2 aromatic heterocycles. The number of fused-ring (bicyclic) bond motifs is 1.